The molecule has 0 heterocycles. The molecule has 4 aromatic rings. The molecule has 4 aromatic carbocycles. The summed E-state index contributed by atoms with van der Waals surface area (Å²) in [6.45, 7) is 0. The van der Waals surface area contributed by atoms with Crippen molar-refractivity contribution in [2.45, 2.75) is 12.8 Å². The fourth-order valence-corrected chi connectivity index (χ4v) is 3.43. The van der Waals surface area contributed by atoms with Crippen LogP contribution >= 0.6 is 0 Å². The first kappa shape index (κ1) is 17.1. The van der Waals surface area contributed by atoms with Gasteiger partial charge in [-0.15, -0.1) is 0 Å². The van der Waals surface area contributed by atoms with Gasteiger partial charge in [0.1, 0.15) is 5.75 Å². The zero-order chi connectivity index (χ0) is 18.5. The smallest absolute Gasteiger partial charge is 0.115 e. The van der Waals surface area contributed by atoms with Gasteiger partial charge in [0.2, 0.25) is 0 Å². The van der Waals surface area contributed by atoms with Crippen LogP contribution in [-0.4, -0.2) is 5.11 Å². The predicted octanol–water partition coefficient (Wildman–Crippen LogP) is 6.24. The molecule has 0 saturated heterocycles. The molecule has 0 amide bonds. The van der Waals surface area contributed by atoms with Gasteiger partial charge in [-0.1, -0.05) is 91.0 Å². The van der Waals surface area contributed by atoms with Crippen molar-refractivity contribution in [3.63, 3.8) is 0 Å². The summed E-state index contributed by atoms with van der Waals surface area (Å²) in [6, 6.07) is 35.3. The Morgan fingerprint density at radius 1 is 0.481 bits per heavy atom. The summed E-state index contributed by atoms with van der Waals surface area (Å²) in [4.78, 5) is 0. The van der Waals surface area contributed by atoms with Crippen molar-refractivity contribution < 1.29 is 5.11 Å². The lowest BCUT2D eigenvalue weighted by Crippen LogP contribution is -1.98. The Hall–Kier alpha value is -3.32. The van der Waals surface area contributed by atoms with E-state index in [2.05, 4.69) is 78.9 Å². The average molecular weight is 350 g/mol. The molecule has 1 heteroatoms. The van der Waals surface area contributed by atoms with Crippen LogP contribution in [0.4, 0.5) is 0 Å². The first-order valence-corrected chi connectivity index (χ1v) is 9.27. The fraction of sp³-hybridized carbons (Fsp3) is 0.0769. The van der Waals surface area contributed by atoms with Gasteiger partial charge in [0.25, 0.3) is 0 Å². The molecule has 0 fully saturated rings. The molecule has 4 rings (SSSR count). The fourth-order valence-electron chi connectivity index (χ4n) is 3.43. The predicted molar refractivity (Wildman–Crippen MR) is 112 cm³/mol. The minimum absolute atomic E-state index is 0.295. The van der Waals surface area contributed by atoms with Crippen LogP contribution in [0.3, 0.4) is 0 Å². The van der Waals surface area contributed by atoms with Crippen LogP contribution in [0.15, 0.2) is 103 Å². The van der Waals surface area contributed by atoms with Gasteiger partial charge in [-0.25, -0.2) is 0 Å². The Morgan fingerprint density at radius 3 is 1.59 bits per heavy atom. The van der Waals surface area contributed by atoms with Gasteiger partial charge >= 0.3 is 0 Å². The quantitative estimate of drug-likeness (QED) is 0.451. The van der Waals surface area contributed by atoms with E-state index in [1.807, 2.05) is 12.1 Å². The van der Waals surface area contributed by atoms with E-state index in [9.17, 15) is 5.11 Å². The van der Waals surface area contributed by atoms with Gasteiger partial charge in [-0.2, -0.15) is 0 Å². The average Bonchev–Trinajstić information content (AvgIpc) is 2.71. The third kappa shape index (κ3) is 4.27. The molecule has 0 bridgehead atoms. The second kappa shape index (κ2) is 7.92. The largest absolute Gasteiger partial charge is 0.508 e. The molecule has 0 aliphatic heterocycles. The Kier molecular flexibility index (Phi) is 5.02. The second-order valence-electron chi connectivity index (χ2n) is 6.86. The Labute approximate surface area is 160 Å². The molecule has 27 heavy (non-hydrogen) atoms. The van der Waals surface area contributed by atoms with Gasteiger partial charge in [-0.05, 0) is 58.4 Å². The Bertz CT molecular complexity index is 1000. The van der Waals surface area contributed by atoms with Gasteiger partial charge in [-0.3, -0.25) is 0 Å². The summed E-state index contributed by atoms with van der Waals surface area (Å²) >= 11 is 0. The standard InChI is InChI=1S/C26H22O/c27-26-15-13-22(14-16-26)24-12-11-23(17-20-7-3-1-4-8-20)25(19-24)18-21-9-5-2-6-10-21/h1-16,19,27H,17-18H2. The molecule has 1 N–H and O–H groups in total. The minimum Gasteiger partial charge on any atom is -0.508 e. The molecule has 0 aliphatic rings. The van der Waals surface area contributed by atoms with Crippen LogP contribution in [0.2, 0.25) is 0 Å². The summed E-state index contributed by atoms with van der Waals surface area (Å²) in [5.41, 5.74) is 7.63. The highest BCUT2D eigenvalue weighted by Crippen LogP contribution is 2.27. The highest BCUT2D eigenvalue weighted by molar-refractivity contribution is 5.66. The van der Waals surface area contributed by atoms with E-state index in [-0.39, 0.29) is 0 Å². The maximum absolute atomic E-state index is 9.56. The lowest BCUT2D eigenvalue weighted by molar-refractivity contribution is 0.475. The summed E-state index contributed by atoms with van der Waals surface area (Å²) in [5, 5.41) is 9.56. The van der Waals surface area contributed by atoms with Crippen LogP contribution in [0.1, 0.15) is 22.3 Å². The summed E-state index contributed by atoms with van der Waals surface area (Å²) in [6.07, 6.45) is 1.84. The van der Waals surface area contributed by atoms with E-state index in [0.717, 1.165) is 18.4 Å². The van der Waals surface area contributed by atoms with Crippen molar-refractivity contribution in [3.8, 4) is 16.9 Å². The first-order valence-electron chi connectivity index (χ1n) is 9.27. The van der Waals surface area contributed by atoms with Crippen molar-refractivity contribution in [2.24, 2.45) is 0 Å². The number of phenolic OH excluding ortho intramolecular Hbond substituents is 1. The highest BCUT2D eigenvalue weighted by atomic mass is 16.3. The zero-order valence-electron chi connectivity index (χ0n) is 15.2. The maximum Gasteiger partial charge on any atom is 0.115 e. The number of hydrogen-bond acceptors (Lipinski definition) is 1. The maximum atomic E-state index is 9.56. The zero-order valence-corrected chi connectivity index (χ0v) is 15.2. The van der Waals surface area contributed by atoms with Gasteiger partial charge in [0, 0.05) is 0 Å². The molecular weight excluding hydrogens is 328 g/mol. The monoisotopic (exact) mass is 350 g/mol. The highest BCUT2D eigenvalue weighted by Gasteiger charge is 2.08. The lowest BCUT2D eigenvalue weighted by atomic mass is 9.92. The second-order valence-corrected chi connectivity index (χ2v) is 6.86. The van der Waals surface area contributed by atoms with E-state index in [1.165, 1.54) is 27.8 Å². The molecule has 0 aliphatic carbocycles. The van der Waals surface area contributed by atoms with Crippen LogP contribution in [0, 0.1) is 0 Å². The summed E-state index contributed by atoms with van der Waals surface area (Å²) < 4.78 is 0. The van der Waals surface area contributed by atoms with Crippen molar-refractivity contribution in [3.05, 3.63) is 125 Å². The van der Waals surface area contributed by atoms with E-state index < -0.39 is 0 Å². The molecule has 0 saturated carbocycles. The number of rotatable bonds is 5. The molecule has 0 radical (unpaired) electrons. The normalized spacial score (nSPS) is 10.7. The van der Waals surface area contributed by atoms with Crippen LogP contribution in [0.5, 0.6) is 5.75 Å². The van der Waals surface area contributed by atoms with E-state index >= 15 is 0 Å². The van der Waals surface area contributed by atoms with Gasteiger partial charge in [0.05, 0.1) is 0 Å². The molecule has 1 nitrogen and oxygen atoms in total. The van der Waals surface area contributed by atoms with Crippen molar-refractivity contribution in [1.29, 1.82) is 0 Å². The molecule has 0 aromatic heterocycles. The lowest BCUT2D eigenvalue weighted by Gasteiger charge is -2.13. The number of hydrogen-bond donors (Lipinski definition) is 1. The molecule has 0 unspecified atom stereocenters. The van der Waals surface area contributed by atoms with E-state index in [4.69, 9.17) is 0 Å². The number of aromatic hydroxyl groups is 1. The third-order valence-corrected chi connectivity index (χ3v) is 4.88. The third-order valence-electron chi connectivity index (χ3n) is 4.88. The van der Waals surface area contributed by atoms with Gasteiger partial charge < -0.3 is 5.11 Å². The summed E-state index contributed by atoms with van der Waals surface area (Å²) in [5.74, 6) is 0.295. The van der Waals surface area contributed by atoms with Gasteiger partial charge in [0.15, 0.2) is 0 Å². The Morgan fingerprint density at radius 2 is 1.00 bits per heavy atom. The van der Waals surface area contributed by atoms with E-state index in [1.54, 1.807) is 12.1 Å². The molecular formula is C26H22O. The van der Waals surface area contributed by atoms with Crippen molar-refractivity contribution >= 4 is 0 Å². The number of benzene rings is 4. The first-order chi connectivity index (χ1) is 13.3. The van der Waals surface area contributed by atoms with Crippen LogP contribution in [-0.2, 0) is 12.8 Å². The van der Waals surface area contributed by atoms with Crippen LogP contribution in [0.25, 0.3) is 11.1 Å². The molecule has 0 spiro atoms. The van der Waals surface area contributed by atoms with Crippen LogP contribution < -0.4 is 0 Å². The Balaban J connectivity index is 1.72. The SMILES string of the molecule is Oc1ccc(-c2ccc(Cc3ccccc3)c(Cc3ccccc3)c2)cc1. The minimum atomic E-state index is 0.295. The summed E-state index contributed by atoms with van der Waals surface area (Å²) in [7, 11) is 0. The molecule has 132 valence electrons. The molecule has 0 atom stereocenters. The van der Waals surface area contributed by atoms with Crippen molar-refractivity contribution in [1.82, 2.24) is 0 Å². The van der Waals surface area contributed by atoms with E-state index in [0.29, 0.717) is 5.75 Å². The number of phenols is 1. The topological polar surface area (TPSA) is 20.2 Å². The van der Waals surface area contributed by atoms with Crippen molar-refractivity contribution in [2.75, 3.05) is 0 Å².